The van der Waals surface area contributed by atoms with Gasteiger partial charge in [0, 0.05) is 32.3 Å². The number of rotatable bonds is 3. The summed E-state index contributed by atoms with van der Waals surface area (Å²) in [4.78, 5) is 10.3. The first-order valence-electron chi connectivity index (χ1n) is 4.82. The molecule has 6 nitrogen and oxygen atoms in total. The van der Waals surface area contributed by atoms with E-state index in [2.05, 4.69) is 14.9 Å². The van der Waals surface area contributed by atoms with E-state index in [1.54, 1.807) is 7.11 Å². The molecule has 0 atom stereocenters. The molecule has 2 rings (SSSR count). The van der Waals surface area contributed by atoms with Crippen LogP contribution in [0.25, 0.3) is 0 Å². The lowest BCUT2D eigenvalue weighted by Crippen LogP contribution is -2.56. The Morgan fingerprint density at radius 2 is 2.27 bits per heavy atom. The lowest BCUT2D eigenvalue weighted by Gasteiger charge is -2.37. The van der Waals surface area contributed by atoms with Gasteiger partial charge in [0.15, 0.2) is 0 Å². The molecule has 0 unspecified atom stereocenters. The Bertz CT molecular complexity index is 350. The molecular formula is C9H15N5O. The lowest BCUT2D eigenvalue weighted by atomic mass is 10.1. The zero-order chi connectivity index (χ0) is 10.8. The molecule has 0 saturated carbocycles. The quantitative estimate of drug-likeness (QED) is 0.687. The molecule has 0 aromatic carbocycles. The van der Waals surface area contributed by atoms with Crippen LogP contribution in [-0.4, -0.2) is 36.2 Å². The van der Waals surface area contributed by atoms with E-state index in [0.717, 1.165) is 24.6 Å². The maximum absolute atomic E-state index is 5.70. The summed E-state index contributed by atoms with van der Waals surface area (Å²) in [5.74, 6) is 1.11. The van der Waals surface area contributed by atoms with Crippen molar-refractivity contribution >= 4 is 11.8 Å². The average Bonchev–Trinajstić information content (AvgIpc) is 2.12. The number of anilines is 2. The largest absolute Gasteiger partial charge is 0.378 e. The summed E-state index contributed by atoms with van der Waals surface area (Å²) < 4.78 is 5.00. The van der Waals surface area contributed by atoms with Gasteiger partial charge in [0.25, 0.3) is 0 Å². The van der Waals surface area contributed by atoms with E-state index in [1.165, 1.54) is 0 Å². The third-order valence-electron chi connectivity index (χ3n) is 2.31. The number of hydrogen-bond acceptors (Lipinski definition) is 6. The van der Waals surface area contributed by atoms with Crippen LogP contribution < -0.4 is 16.4 Å². The van der Waals surface area contributed by atoms with Gasteiger partial charge < -0.3 is 21.1 Å². The standard InChI is InChI=1S/C9H15N5O/c1-15-5-7-2-8(13-9(11)12-7)14-3-6(10)4-14/h2,6H,3-5,10H2,1H3,(H2,11,12,13). The molecule has 4 N–H and O–H groups in total. The monoisotopic (exact) mass is 209 g/mol. The zero-order valence-corrected chi connectivity index (χ0v) is 8.68. The van der Waals surface area contributed by atoms with E-state index >= 15 is 0 Å². The predicted octanol–water partition coefficient (Wildman–Crippen LogP) is -0.647. The third kappa shape index (κ3) is 2.16. The van der Waals surface area contributed by atoms with Gasteiger partial charge in [-0.15, -0.1) is 0 Å². The second-order valence-corrected chi connectivity index (χ2v) is 3.67. The van der Waals surface area contributed by atoms with Crippen LogP contribution in [0.15, 0.2) is 6.07 Å². The van der Waals surface area contributed by atoms with Crippen molar-refractivity contribution in [3.05, 3.63) is 11.8 Å². The molecule has 1 fully saturated rings. The first-order valence-corrected chi connectivity index (χ1v) is 4.82. The summed E-state index contributed by atoms with van der Waals surface area (Å²) in [5.41, 5.74) is 12.1. The van der Waals surface area contributed by atoms with Crippen molar-refractivity contribution in [1.82, 2.24) is 9.97 Å². The highest BCUT2D eigenvalue weighted by molar-refractivity contribution is 5.46. The van der Waals surface area contributed by atoms with Crippen LogP contribution in [0.3, 0.4) is 0 Å². The Morgan fingerprint density at radius 1 is 1.53 bits per heavy atom. The van der Waals surface area contributed by atoms with Crippen LogP contribution in [0.1, 0.15) is 5.69 Å². The molecule has 2 heterocycles. The van der Waals surface area contributed by atoms with Crippen molar-refractivity contribution in [2.24, 2.45) is 5.73 Å². The maximum Gasteiger partial charge on any atom is 0.222 e. The molecule has 0 radical (unpaired) electrons. The van der Waals surface area contributed by atoms with Gasteiger partial charge >= 0.3 is 0 Å². The molecule has 1 aliphatic rings. The summed E-state index contributed by atoms with van der Waals surface area (Å²) in [6, 6.07) is 2.12. The smallest absolute Gasteiger partial charge is 0.222 e. The maximum atomic E-state index is 5.70. The SMILES string of the molecule is COCc1cc(N2CC(N)C2)nc(N)n1. The van der Waals surface area contributed by atoms with E-state index in [4.69, 9.17) is 16.2 Å². The minimum absolute atomic E-state index is 0.243. The molecule has 0 amide bonds. The Kier molecular flexibility index (Phi) is 2.70. The topological polar surface area (TPSA) is 90.3 Å². The van der Waals surface area contributed by atoms with E-state index in [-0.39, 0.29) is 12.0 Å². The van der Waals surface area contributed by atoms with Gasteiger partial charge in [0.1, 0.15) is 5.82 Å². The van der Waals surface area contributed by atoms with Crippen molar-refractivity contribution in [3.8, 4) is 0 Å². The van der Waals surface area contributed by atoms with Crippen molar-refractivity contribution in [2.45, 2.75) is 12.6 Å². The van der Waals surface area contributed by atoms with Gasteiger partial charge in [-0.2, -0.15) is 4.98 Å². The molecule has 15 heavy (non-hydrogen) atoms. The fraction of sp³-hybridized carbons (Fsp3) is 0.556. The first kappa shape index (κ1) is 10.1. The molecule has 1 aromatic rings. The van der Waals surface area contributed by atoms with E-state index in [1.807, 2.05) is 6.07 Å². The van der Waals surface area contributed by atoms with Gasteiger partial charge in [-0.1, -0.05) is 0 Å². The number of nitrogens with zero attached hydrogens (tertiary/aromatic N) is 3. The van der Waals surface area contributed by atoms with E-state index < -0.39 is 0 Å². The van der Waals surface area contributed by atoms with Crippen molar-refractivity contribution < 1.29 is 4.74 Å². The first-order chi connectivity index (χ1) is 7.19. The van der Waals surface area contributed by atoms with Gasteiger partial charge in [-0.05, 0) is 0 Å². The number of methoxy groups -OCH3 is 1. The highest BCUT2D eigenvalue weighted by Gasteiger charge is 2.24. The summed E-state index contributed by atoms with van der Waals surface area (Å²) in [5, 5.41) is 0. The number of aromatic nitrogens is 2. The van der Waals surface area contributed by atoms with Crippen LogP contribution in [0, 0.1) is 0 Å². The highest BCUT2D eigenvalue weighted by atomic mass is 16.5. The molecule has 82 valence electrons. The van der Waals surface area contributed by atoms with Crippen molar-refractivity contribution in [2.75, 3.05) is 30.8 Å². The summed E-state index contributed by atoms with van der Waals surface area (Å²) in [6.45, 7) is 2.09. The van der Waals surface area contributed by atoms with Gasteiger partial charge in [0.2, 0.25) is 5.95 Å². The van der Waals surface area contributed by atoms with Crippen LogP contribution in [0.2, 0.25) is 0 Å². The van der Waals surface area contributed by atoms with Crippen LogP contribution in [0.4, 0.5) is 11.8 Å². The summed E-state index contributed by atoms with van der Waals surface area (Å²) in [7, 11) is 1.62. The number of hydrogen-bond donors (Lipinski definition) is 2. The second kappa shape index (κ2) is 4.00. The van der Waals surface area contributed by atoms with E-state index in [9.17, 15) is 0 Å². The zero-order valence-electron chi connectivity index (χ0n) is 8.68. The molecule has 1 aromatic heterocycles. The number of nitrogen functional groups attached to an aromatic ring is 1. The van der Waals surface area contributed by atoms with Gasteiger partial charge in [0.05, 0.1) is 12.3 Å². The van der Waals surface area contributed by atoms with Crippen LogP contribution in [-0.2, 0) is 11.3 Å². The fourth-order valence-corrected chi connectivity index (χ4v) is 1.59. The summed E-state index contributed by atoms with van der Waals surface area (Å²) >= 11 is 0. The normalized spacial score (nSPS) is 16.5. The Hall–Kier alpha value is -1.40. The molecule has 6 heteroatoms. The predicted molar refractivity (Wildman–Crippen MR) is 57.3 cm³/mol. The Balaban J connectivity index is 2.16. The second-order valence-electron chi connectivity index (χ2n) is 3.67. The Morgan fingerprint density at radius 3 is 2.87 bits per heavy atom. The number of ether oxygens (including phenoxy) is 1. The molecule has 0 aliphatic carbocycles. The highest BCUT2D eigenvalue weighted by Crippen LogP contribution is 2.19. The average molecular weight is 209 g/mol. The minimum Gasteiger partial charge on any atom is -0.378 e. The Labute approximate surface area is 88.2 Å². The van der Waals surface area contributed by atoms with Gasteiger partial charge in [-0.25, -0.2) is 4.98 Å². The lowest BCUT2D eigenvalue weighted by molar-refractivity contribution is 0.181. The molecule has 0 spiro atoms. The summed E-state index contributed by atoms with van der Waals surface area (Å²) in [6.07, 6.45) is 0. The molecule has 0 bridgehead atoms. The van der Waals surface area contributed by atoms with E-state index in [0.29, 0.717) is 6.61 Å². The molecule has 1 aliphatic heterocycles. The van der Waals surface area contributed by atoms with Crippen molar-refractivity contribution in [3.63, 3.8) is 0 Å². The number of nitrogens with two attached hydrogens (primary N) is 2. The third-order valence-corrected chi connectivity index (χ3v) is 2.31. The van der Waals surface area contributed by atoms with Gasteiger partial charge in [-0.3, -0.25) is 0 Å². The molecule has 1 saturated heterocycles. The molecular weight excluding hydrogens is 194 g/mol. The van der Waals surface area contributed by atoms with Crippen LogP contribution in [0.5, 0.6) is 0 Å². The fourth-order valence-electron chi connectivity index (χ4n) is 1.59. The minimum atomic E-state index is 0.243. The van der Waals surface area contributed by atoms with Crippen LogP contribution >= 0.6 is 0 Å². The van der Waals surface area contributed by atoms with Crippen molar-refractivity contribution in [1.29, 1.82) is 0 Å².